The van der Waals surface area contributed by atoms with E-state index in [1.165, 1.54) is 0 Å². The van der Waals surface area contributed by atoms with Gasteiger partial charge in [-0.2, -0.15) is 0 Å². The Labute approximate surface area is 105 Å². The monoisotopic (exact) mass is 248 g/mol. The highest BCUT2D eigenvalue weighted by Gasteiger charge is 2.20. The molecule has 18 heavy (non-hydrogen) atoms. The van der Waals surface area contributed by atoms with E-state index in [4.69, 9.17) is 9.47 Å². The Morgan fingerprint density at radius 1 is 1.50 bits per heavy atom. The van der Waals surface area contributed by atoms with E-state index in [2.05, 4.69) is 20.3 Å². The van der Waals surface area contributed by atoms with Crippen molar-refractivity contribution in [1.29, 1.82) is 0 Å². The lowest BCUT2D eigenvalue weighted by atomic mass is 10.1. The van der Waals surface area contributed by atoms with Crippen LogP contribution in [-0.2, 0) is 4.74 Å². The molecule has 0 aliphatic carbocycles. The molecular weight excluding hydrogens is 232 g/mol. The Morgan fingerprint density at radius 2 is 2.44 bits per heavy atom. The fourth-order valence-electron chi connectivity index (χ4n) is 2.15. The summed E-state index contributed by atoms with van der Waals surface area (Å²) in [5.74, 6) is 0.518. The van der Waals surface area contributed by atoms with E-state index in [1.54, 1.807) is 13.3 Å². The SMILES string of the molecule is COc1cnc2[nH]cc(C3CNCCCO3)c2n1. The molecule has 96 valence electrons. The molecule has 1 aliphatic rings. The third-order valence-electron chi connectivity index (χ3n) is 3.09. The van der Waals surface area contributed by atoms with Crippen LogP contribution >= 0.6 is 0 Å². The van der Waals surface area contributed by atoms with Crippen molar-refractivity contribution in [3.63, 3.8) is 0 Å². The number of fused-ring (bicyclic) bond motifs is 1. The summed E-state index contributed by atoms with van der Waals surface area (Å²) in [6.45, 7) is 2.56. The maximum Gasteiger partial charge on any atom is 0.232 e. The van der Waals surface area contributed by atoms with Gasteiger partial charge in [0.1, 0.15) is 5.52 Å². The number of nitrogens with zero attached hydrogens (tertiary/aromatic N) is 2. The van der Waals surface area contributed by atoms with Crippen LogP contribution in [0.15, 0.2) is 12.4 Å². The van der Waals surface area contributed by atoms with Crippen LogP contribution in [-0.4, -0.2) is 41.8 Å². The van der Waals surface area contributed by atoms with E-state index in [0.717, 1.165) is 42.8 Å². The largest absolute Gasteiger partial charge is 0.480 e. The normalized spacial score (nSPS) is 20.8. The summed E-state index contributed by atoms with van der Waals surface area (Å²) in [5.41, 5.74) is 2.62. The van der Waals surface area contributed by atoms with Crippen molar-refractivity contribution >= 4 is 11.2 Å². The van der Waals surface area contributed by atoms with Crippen molar-refractivity contribution in [3.8, 4) is 5.88 Å². The molecule has 2 N–H and O–H groups in total. The molecule has 3 heterocycles. The average Bonchev–Trinajstić information content (AvgIpc) is 2.64. The number of rotatable bonds is 2. The quantitative estimate of drug-likeness (QED) is 0.830. The molecule has 0 amide bonds. The van der Waals surface area contributed by atoms with E-state index in [-0.39, 0.29) is 6.10 Å². The summed E-state index contributed by atoms with van der Waals surface area (Å²) >= 11 is 0. The topological polar surface area (TPSA) is 72.1 Å². The molecule has 1 saturated heterocycles. The minimum atomic E-state index is 0.0163. The molecular formula is C12H16N4O2. The summed E-state index contributed by atoms with van der Waals surface area (Å²) in [4.78, 5) is 11.8. The highest BCUT2D eigenvalue weighted by atomic mass is 16.5. The lowest BCUT2D eigenvalue weighted by Crippen LogP contribution is -2.20. The van der Waals surface area contributed by atoms with Gasteiger partial charge in [-0.3, -0.25) is 0 Å². The third-order valence-corrected chi connectivity index (χ3v) is 3.09. The lowest BCUT2D eigenvalue weighted by Gasteiger charge is -2.13. The van der Waals surface area contributed by atoms with Crippen LogP contribution in [0, 0.1) is 0 Å². The number of methoxy groups -OCH3 is 1. The number of hydrogen-bond acceptors (Lipinski definition) is 5. The van der Waals surface area contributed by atoms with Crippen LogP contribution in [0.2, 0.25) is 0 Å². The second kappa shape index (κ2) is 4.91. The molecule has 0 saturated carbocycles. The summed E-state index contributed by atoms with van der Waals surface area (Å²) in [6, 6.07) is 0. The number of aromatic amines is 1. The number of hydrogen-bond donors (Lipinski definition) is 2. The first-order valence-electron chi connectivity index (χ1n) is 6.09. The summed E-state index contributed by atoms with van der Waals surface area (Å²) in [6.07, 6.45) is 4.58. The number of ether oxygens (including phenoxy) is 2. The molecule has 1 unspecified atom stereocenters. The average molecular weight is 248 g/mol. The van der Waals surface area contributed by atoms with Crippen molar-refractivity contribution in [2.45, 2.75) is 12.5 Å². The van der Waals surface area contributed by atoms with E-state index in [9.17, 15) is 0 Å². The van der Waals surface area contributed by atoms with E-state index < -0.39 is 0 Å². The Kier molecular flexibility index (Phi) is 3.12. The van der Waals surface area contributed by atoms with Crippen LogP contribution in [0.25, 0.3) is 11.2 Å². The van der Waals surface area contributed by atoms with Gasteiger partial charge in [-0.25, -0.2) is 9.97 Å². The van der Waals surface area contributed by atoms with Crippen LogP contribution in [0.4, 0.5) is 0 Å². The minimum Gasteiger partial charge on any atom is -0.480 e. The van der Waals surface area contributed by atoms with Crippen LogP contribution in [0.5, 0.6) is 5.88 Å². The van der Waals surface area contributed by atoms with Gasteiger partial charge >= 0.3 is 0 Å². The fraction of sp³-hybridized carbons (Fsp3) is 0.500. The summed E-state index contributed by atoms with van der Waals surface area (Å²) in [7, 11) is 1.59. The van der Waals surface area contributed by atoms with Gasteiger partial charge in [0.05, 0.1) is 19.4 Å². The molecule has 0 aromatic carbocycles. The smallest absolute Gasteiger partial charge is 0.232 e. The van der Waals surface area contributed by atoms with Crippen molar-refractivity contribution in [2.75, 3.05) is 26.8 Å². The molecule has 3 rings (SSSR count). The van der Waals surface area contributed by atoms with Gasteiger partial charge in [0.15, 0.2) is 5.65 Å². The van der Waals surface area contributed by atoms with E-state index >= 15 is 0 Å². The molecule has 1 fully saturated rings. The number of nitrogens with one attached hydrogen (secondary N) is 2. The van der Waals surface area contributed by atoms with Gasteiger partial charge in [-0.15, -0.1) is 0 Å². The van der Waals surface area contributed by atoms with Gasteiger partial charge in [0.2, 0.25) is 5.88 Å². The molecule has 6 heteroatoms. The maximum absolute atomic E-state index is 5.84. The number of H-pyrrole nitrogens is 1. The Morgan fingerprint density at radius 3 is 3.33 bits per heavy atom. The fourth-order valence-corrected chi connectivity index (χ4v) is 2.15. The third kappa shape index (κ3) is 2.04. The molecule has 0 spiro atoms. The molecule has 2 aromatic rings. The zero-order valence-corrected chi connectivity index (χ0v) is 10.3. The molecule has 1 atom stereocenters. The molecule has 1 aliphatic heterocycles. The molecule has 2 aromatic heterocycles. The Balaban J connectivity index is 1.99. The van der Waals surface area contributed by atoms with Gasteiger partial charge in [0.25, 0.3) is 0 Å². The van der Waals surface area contributed by atoms with E-state index in [0.29, 0.717) is 5.88 Å². The number of aromatic nitrogens is 3. The zero-order chi connectivity index (χ0) is 12.4. The molecule has 0 bridgehead atoms. The maximum atomic E-state index is 5.84. The van der Waals surface area contributed by atoms with Crippen LogP contribution < -0.4 is 10.1 Å². The lowest BCUT2D eigenvalue weighted by molar-refractivity contribution is 0.0677. The Bertz CT molecular complexity index is 532. The zero-order valence-electron chi connectivity index (χ0n) is 10.3. The first kappa shape index (κ1) is 11.4. The van der Waals surface area contributed by atoms with Crippen molar-refractivity contribution in [2.24, 2.45) is 0 Å². The predicted molar refractivity (Wildman–Crippen MR) is 66.6 cm³/mol. The van der Waals surface area contributed by atoms with Crippen molar-refractivity contribution < 1.29 is 9.47 Å². The Hall–Kier alpha value is -1.66. The second-order valence-electron chi connectivity index (χ2n) is 4.27. The summed E-state index contributed by atoms with van der Waals surface area (Å²) in [5, 5.41) is 3.36. The highest BCUT2D eigenvalue weighted by Crippen LogP contribution is 2.26. The van der Waals surface area contributed by atoms with Gasteiger partial charge in [-0.1, -0.05) is 0 Å². The first-order chi connectivity index (χ1) is 8.88. The van der Waals surface area contributed by atoms with Crippen LogP contribution in [0.1, 0.15) is 18.1 Å². The van der Waals surface area contributed by atoms with Gasteiger partial charge < -0.3 is 19.8 Å². The highest BCUT2D eigenvalue weighted by molar-refractivity contribution is 5.75. The van der Waals surface area contributed by atoms with Crippen molar-refractivity contribution in [1.82, 2.24) is 20.3 Å². The predicted octanol–water partition coefficient (Wildman–Crippen LogP) is 1.02. The van der Waals surface area contributed by atoms with Crippen LogP contribution in [0.3, 0.4) is 0 Å². The molecule has 0 radical (unpaired) electrons. The van der Waals surface area contributed by atoms with Crippen molar-refractivity contribution in [3.05, 3.63) is 18.0 Å². The molecule has 6 nitrogen and oxygen atoms in total. The van der Waals surface area contributed by atoms with Gasteiger partial charge in [0, 0.05) is 24.9 Å². The second-order valence-corrected chi connectivity index (χ2v) is 4.27. The standard InChI is InChI=1S/C12H16N4O2/c1-17-10-7-15-12-11(16-10)8(5-14-12)9-6-13-3-2-4-18-9/h5,7,9,13H,2-4,6H2,1H3,(H,14,15). The minimum absolute atomic E-state index is 0.0163. The van der Waals surface area contributed by atoms with Gasteiger partial charge in [-0.05, 0) is 13.0 Å². The first-order valence-corrected chi connectivity index (χ1v) is 6.09. The summed E-state index contributed by atoms with van der Waals surface area (Å²) < 4.78 is 11.0. The van der Waals surface area contributed by atoms with E-state index in [1.807, 2.05) is 6.20 Å².